The van der Waals surface area contributed by atoms with Crippen molar-refractivity contribution in [2.24, 2.45) is 7.05 Å². The van der Waals surface area contributed by atoms with Crippen LogP contribution in [0.2, 0.25) is 0 Å². The third-order valence-electron chi connectivity index (χ3n) is 3.98. The highest BCUT2D eigenvalue weighted by Gasteiger charge is 2.15. The highest BCUT2D eigenvalue weighted by Crippen LogP contribution is 2.12. The maximum atomic E-state index is 12.3. The van der Waals surface area contributed by atoms with Gasteiger partial charge >= 0.3 is 5.69 Å². The molecule has 0 saturated heterocycles. The van der Waals surface area contributed by atoms with E-state index in [1.165, 1.54) is 0 Å². The number of benzene rings is 2. The molecule has 0 spiro atoms. The lowest BCUT2D eigenvalue weighted by Gasteiger charge is -2.08. The quantitative estimate of drug-likeness (QED) is 0.764. The van der Waals surface area contributed by atoms with Gasteiger partial charge in [0.25, 0.3) is 0 Å². The van der Waals surface area contributed by atoms with Crippen molar-refractivity contribution in [2.75, 3.05) is 6.54 Å². The van der Waals surface area contributed by atoms with Crippen LogP contribution in [-0.2, 0) is 23.6 Å². The Labute approximate surface area is 140 Å². The van der Waals surface area contributed by atoms with Crippen molar-refractivity contribution >= 4 is 21.1 Å². The first kappa shape index (κ1) is 16.5. The van der Waals surface area contributed by atoms with Gasteiger partial charge in [-0.05, 0) is 36.8 Å². The van der Waals surface area contributed by atoms with Gasteiger partial charge in [-0.2, -0.15) is 0 Å². The largest absolute Gasteiger partial charge is 0.328 e. The van der Waals surface area contributed by atoms with Gasteiger partial charge in [0, 0.05) is 20.1 Å². The topological polar surface area (TPSA) is 73.1 Å². The Bertz CT molecular complexity index is 1050. The average Bonchev–Trinajstić information content (AvgIpc) is 2.80. The van der Waals surface area contributed by atoms with Crippen LogP contribution < -0.4 is 10.4 Å². The summed E-state index contributed by atoms with van der Waals surface area (Å²) in [7, 11) is -1.88. The highest BCUT2D eigenvalue weighted by molar-refractivity contribution is 7.89. The van der Waals surface area contributed by atoms with Crippen LogP contribution in [0.1, 0.15) is 5.56 Å². The molecule has 24 heavy (non-hydrogen) atoms. The highest BCUT2D eigenvalue weighted by atomic mass is 32.2. The molecule has 0 aliphatic rings. The minimum Gasteiger partial charge on any atom is -0.295 e. The zero-order valence-corrected chi connectivity index (χ0v) is 14.4. The molecular formula is C17H19N3O3S. The van der Waals surface area contributed by atoms with E-state index in [1.807, 2.05) is 37.3 Å². The van der Waals surface area contributed by atoms with Gasteiger partial charge in [-0.25, -0.2) is 17.9 Å². The first-order valence-corrected chi connectivity index (χ1v) is 9.09. The summed E-state index contributed by atoms with van der Waals surface area (Å²) < 4.78 is 30.3. The first-order chi connectivity index (χ1) is 11.4. The molecule has 0 unspecified atom stereocenters. The molecule has 1 aromatic heterocycles. The zero-order valence-electron chi connectivity index (χ0n) is 13.6. The molecule has 0 radical (unpaired) electrons. The summed E-state index contributed by atoms with van der Waals surface area (Å²) in [6, 6.07) is 14.2. The predicted octanol–water partition coefficient (Wildman–Crippen LogP) is 1.63. The number of imidazole rings is 1. The van der Waals surface area contributed by atoms with Gasteiger partial charge in [-0.15, -0.1) is 0 Å². The lowest BCUT2D eigenvalue weighted by atomic mass is 10.2. The number of hydrogen-bond donors (Lipinski definition) is 1. The summed E-state index contributed by atoms with van der Waals surface area (Å²) in [4.78, 5) is 12.5. The second-order valence-corrected chi connectivity index (χ2v) is 7.46. The van der Waals surface area contributed by atoms with Gasteiger partial charge in [0.1, 0.15) is 0 Å². The van der Waals surface area contributed by atoms with Gasteiger partial charge in [-0.3, -0.25) is 9.13 Å². The minimum absolute atomic E-state index is 0.143. The van der Waals surface area contributed by atoms with Gasteiger partial charge in [0.2, 0.25) is 10.0 Å². The van der Waals surface area contributed by atoms with Crippen LogP contribution in [0.25, 0.3) is 11.0 Å². The summed E-state index contributed by atoms with van der Waals surface area (Å²) in [6.07, 6.45) is 0. The Kier molecular flexibility index (Phi) is 4.29. The maximum absolute atomic E-state index is 12.3. The van der Waals surface area contributed by atoms with Gasteiger partial charge in [0.05, 0.1) is 15.9 Å². The SMILES string of the molecule is Cc1cccc(S(=O)(=O)NCCn2c(=O)n(C)c3ccccc32)c1. The van der Waals surface area contributed by atoms with E-state index < -0.39 is 10.0 Å². The summed E-state index contributed by atoms with van der Waals surface area (Å²) in [6.45, 7) is 2.25. The zero-order chi connectivity index (χ0) is 17.3. The molecule has 0 saturated carbocycles. The van der Waals surface area contributed by atoms with Crippen LogP contribution in [0.5, 0.6) is 0 Å². The summed E-state index contributed by atoms with van der Waals surface area (Å²) in [5.74, 6) is 0. The van der Waals surface area contributed by atoms with Crippen LogP contribution in [0.15, 0.2) is 58.2 Å². The van der Waals surface area contributed by atoms with Gasteiger partial charge in [-0.1, -0.05) is 24.3 Å². The van der Waals surface area contributed by atoms with Crippen LogP contribution in [0.3, 0.4) is 0 Å². The Morgan fingerprint density at radius 2 is 1.75 bits per heavy atom. The van der Waals surface area contributed by atoms with Crippen molar-refractivity contribution < 1.29 is 8.42 Å². The van der Waals surface area contributed by atoms with Crippen molar-refractivity contribution in [1.82, 2.24) is 13.9 Å². The van der Waals surface area contributed by atoms with E-state index in [9.17, 15) is 13.2 Å². The lowest BCUT2D eigenvalue weighted by Crippen LogP contribution is -2.31. The summed E-state index contributed by atoms with van der Waals surface area (Å²) in [5, 5.41) is 0. The molecule has 0 fully saturated rings. The molecule has 3 aromatic rings. The average molecular weight is 345 g/mol. The van der Waals surface area contributed by atoms with Gasteiger partial charge < -0.3 is 0 Å². The van der Waals surface area contributed by atoms with E-state index in [2.05, 4.69) is 4.72 Å². The Morgan fingerprint density at radius 3 is 2.46 bits per heavy atom. The van der Waals surface area contributed by atoms with Crippen molar-refractivity contribution in [1.29, 1.82) is 0 Å². The molecule has 7 heteroatoms. The molecule has 0 aliphatic heterocycles. The fourth-order valence-corrected chi connectivity index (χ4v) is 3.86. The summed E-state index contributed by atoms with van der Waals surface area (Å²) >= 11 is 0. The number of sulfonamides is 1. The van der Waals surface area contributed by atoms with Crippen LogP contribution >= 0.6 is 0 Å². The van der Waals surface area contributed by atoms with E-state index in [0.717, 1.165) is 16.6 Å². The molecule has 3 rings (SSSR count). The number of fused-ring (bicyclic) bond motifs is 1. The lowest BCUT2D eigenvalue weighted by molar-refractivity contribution is 0.571. The van der Waals surface area contributed by atoms with Crippen molar-refractivity contribution in [3.8, 4) is 0 Å². The van der Waals surface area contributed by atoms with E-state index in [4.69, 9.17) is 0 Å². The van der Waals surface area contributed by atoms with Crippen LogP contribution in [0, 0.1) is 6.92 Å². The van der Waals surface area contributed by atoms with Crippen LogP contribution in [-0.4, -0.2) is 24.1 Å². The number of nitrogens with one attached hydrogen (secondary N) is 1. The number of rotatable bonds is 5. The second-order valence-electron chi connectivity index (χ2n) is 5.70. The normalized spacial score (nSPS) is 11.9. The number of hydrogen-bond acceptors (Lipinski definition) is 3. The molecule has 0 bridgehead atoms. The van der Waals surface area contributed by atoms with Gasteiger partial charge in [0.15, 0.2) is 0 Å². The second kappa shape index (κ2) is 6.26. The fraction of sp³-hybridized carbons (Fsp3) is 0.235. The smallest absolute Gasteiger partial charge is 0.295 e. The molecule has 126 valence electrons. The number of nitrogens with zero attached hydrogens (tertiary/aromatic N) is 2. The molecule has 0 amide bonds. The van der Waals surface area contributed by atoms with E-state index in [-0.39, 0.29) is 23.7 Å². The Morgan fingerprint density at radius 1 is 1.04 bits per heavy atom. The van der Waals surface area contributed by atoms with Crippen molar-refractivity contribution in [2.45, 2.75) is 18.4 Å². The van der Waals surface area contributed by atoms with Crippen molar-refractivity contribution in [3.05, 3.63) is 64.6 Å². The molecule has 0 aliphatic carbocycles. The number of para-hydroxylation sites is 2. The number of aromatic nitrogens is 2. The minimum atomic E-state index is -3.58. The Balaban J connectivity index is 1.80. The first-order valence-electron chi connectivity index (χ1n) is 7.61. The predicted molar refractivity (Wildman–Crippen MR) is 93.5 cm³/mol. The fourth-order valence-electron chi connectivity index (χ4n) is 2.74. The van der Waals surface area contributed by atoms with E-state index in [1.54, 1.807) is 34.4 Å². The monoisotopic (exact) mass is 345 g/mol. The van der Waals surface area contributed by atoms with Crippen LogP contribution in [0.4, 0.5) is 0 Å². The molecule has 2 aromatic carbocycles. The molecule has 0 atom stereocenters. The molecule has 1 heterocycles. The van der Waals surface area contributed by atoms with Crippen molar-refractivity contribution in [3.63, 3.8) is 0 Å². The van der Waals surface area contributed by atoms with E-state index >= 15 is 0 Å². The third-order valence-corrected chi connectivity index (χ3v) is 5.44. The standard InChI is InChI=1S/C17H19N3O3S/c1-13-6-5-7-14(12-13)24(22,23)18-10-11-20-16-9-4-3-8-15(16)19(2)17(20)21/h3-9,12,18H,10-11H2,1-2H3. The number of aryl methyl sites for hydroxylation is 2. The van der Waals surface area contributed by atoms with E-state index in [0.29, 0.717) is 0 Å². The Hall–Kier alpha value is -2.38. The summed E-state index contributed by atoms with van der Waals surface area (Å²) in [5.41, 5.74) is 2.33. The maximum Gasteiger partial charge on any atom is 0.328 e. The molecule has 1 N–H and O–H groups in total. The molecular weight excluding hydrogens is 326 g/mol. The third kappa shape index (κ3) is 3.00. The molecule has 6 nitrogen and oxygen atoms in total.